The zero-order valence-corrected chi connectivity index (χ0v) is 15.9. The Morgan fingerprint density at radius 1 is 0.846 bits per heavy atom. The van der Waals surface area contributed by atoms with Crippen molar-refractivity contribution in [3.8, 4) is 11.1 Å². The molecule has 0 heterocycles. The van der Waals surface area contributed by atoms with Crippen molar-refractivity contribution in [2.45, 2.75) is 19.9 Å². The molecule has 3 rings (SSSR count). The van der Waals surface area contributed by atoms with Crippen LogP contribution < -0.4 is 0 Å². The minimum absolute atomic E-state index is 0.0652. The summed E-state index contributed by atoms with van der Waals surface area (Å²) < 4.78 is 0. The van der Waals surface area contributed by atoms with Gasteiger partial charge < -0.3 is 4.90 Å². The van der Waals surface area contributed by atoms with Gasteiger partial charge in [0.1, 0.15) is 0 Å². The molecule has 0 radical (unpaired) electrons. The molecule has 0 amide bonds. The van der Waals surface area contributed by atoms with Crippen molar-refractivity contribution in [2.24, 2.45) is 0 Å². The van der Waals surface area contributed by atoms with Crippen molar-refractivity contribution in [2.75, 3.05) is 14.1 Å². The van der Waals surface area contributed by atoms with Gasteiger partial charge in [-0.1, -0.05) is 66.7 Å². The smallest absolute Gasteiger partial charge is 0.193 e. The van der Waals surface area contributed by atoms with Gasteiger partial charge in [-0.2, -0.15) is 0 Å². The SMILES string of the molecule is Cc1cc(C(=O)c2ccccc2)ccc1-c1ccc(C(C)N(C)C)cc1. The molecule has 0 fully saturated rings. The highest BCUT2D eigenvalue weighted by molar-refractivity contribution is 6.09. The summed E-state index contributed by atoms with van der Waals surface area (Å²) in [5.74, 6) is 0.0652. The summed E-state index contributed by atoms with van der Waals surface area (Å²) in [6.07, 6.45) is 0. The Hall–Kier alpha value is -2.71. The monoisotopic (exact) mass is 343 g/mol. The molecule has 0 aliphatic heterocycles. The van der Waals surface area contributed by atoms with E-state index in [1.807, 2.05) is 42.5 Å². The van der Waals surface area contributed by atoms with E-state index in [4.69, 9.17) is 0 Å². The topological polar surface area (TPSA) is 20.3 Å². The van der Waals surface area contributed by atoms with Gasteiger partial charge in [0, 0.05) is 17.2 Å². The van der Waals surface area contributed by atoms with Crippen molar-refractivity contribution in [3.63, 3.8) is 0 Å². The van der Waals surface area contributed by atoms with Gasteiger partial charge in [0.05, 0.1) is 0 Å². The van der Waals surface area contributed by atoms with E-state index in [1.165, 1.54) is 16.7 Å². The lowest BCUT2D eigenvalue weighted by molar-refractivity contribution is 0.103. The summed E-state index contributed by atoms with van der Waals surface area (Å²) in [6, 6.07) is 24.5. The van der Waals surface area contributed by atoms with Gasteiger partial charge in [0.2, 0.25) is 0 Å². The lowest BCUT2D eigenvalue weighted by Gasteiger charge is -2.20. The third kappa shape index (κ3) is 3.76. The van der Waals surface area contributed by atoms with Crippen LogP contribution in [0.4, 0.5) is 0 Å². The number of carbonyl (C=O) groups is 1. The fourth-order valence-electron chi connectivity index (χ4n) is 3.12. The molecular weight excluding hydrogens is 318 g/mol. The van der Waals surface area contributed by atoms with Gasteiger partial charge in [-0.05, 0) is 56.3 Å². The first-order valence-electron chi connectivity index (χ1n) is 8.94. The van der Waals surface area contributed by atoms with Crippen LogP contribution in [0.2, 0.25) is 0 Å². The maximum atomic E-state index is 12.6. The third-order valence-electron chi connectivity index (χ3n) is 5.00. The van der Waals surface area contributed by atoms with Crippen LogP contribution in [0.5, 0.6) is 0 Å². The van der Waals surface area contributed by atoms with Crippen LogP contribution in [-0.2, 0) is 0 Å². The van der Waals surface area contributed by atoms with Gasteiger partial charge in [-0.25, -0.2) is 0 Å². The maximum absolute atomic E-state index is 12.6. The molecule has 0 spiro atoms. The van der Waals surface area contributed by atoms with E-state index < -0.39 is 0 Å². The van der Waals surface area contributed by atoms with E-state index >= 15 is 0 Å². The summed E-state index contributed by atoms with van der Waals surface area (Å²) in [6.45, 7) is 4.26. The molecule has 0 N–H and O–H groups in total. The number of benzene rings is 3. The third-order valence-corrected chi connectivity index (χ3v) is 5.00. The first-order chi connectivity index (χ1) is 12.5. The van der Waals surface area contributed by atoms with E-state index in [1.54, 1.807) is 0 Å². The largest absolute Gasteiger partial charge is 0.303 e. The zero-order chi connectivity index (χ0) is 18.7. The lowest BCUT2D eigenvalue weighted by Crippen LogP contribution is -2.16. The standard InChI is InChI=1S/C24H25NO/c1-17-16-22(24(26)21-8-6-5-7-9-21)14-15-23(17)20-12-10-19(11-13-20)18(2)25(3)4/h5-16,18H,1-4H3. The van der Waals surface area contributed by atoms with Gasteiger partial charge in [-0.15, -0.1) is 0 Å². The highest BCUT2D eigenvalue weighted by Crippen LogP contribution is 2.27. The first-order valence-corrected chi connectivity index (χ1v) is 8.94. The summed E-state index contributed by atoms with van der Waals surface area (Å²) in [5.41, 5.74) is 6.21. The van der Waals surface area contributed by atoms with E-state index in [-0.39, 0.29) is 5.78 Å². The Kier molecular flexibility index (Phi) is 5.34. The molecular formula is C24H25NO. The fourth-order valence-corrected chi connectivity index (χ4v) is 3.12. The summed E-state index contributed by atoms with van der Waals surface area (Å²) in [4.78, 5) is 14.8. The average Bonchev–Trinajstić information content (AvgIpc) is 2.67. The quantitative estimate of drug-likeness (QED) is 0.569. The molecule has 2 heteroatoms. The number of nitrogens with zero attached hydrogens (tertiary/aromatic N) is 1. The number of carbonyl (C=O) groups excluding carboxylic acids is 1. The highest BCUT2D eigenvalue weighted by atomic mass is 16.1. The van der Waals surface area contributed by atoms with Crippen LogP contribution in [0.15, 0.2) is 72.8 Å². The van der Waals surface area contributed by atoms with Crippen LogP contribution in [0.25, 0.3) is 11.1 Å². The molecule has 0 aromatic heterocycles. The molecule has 2 nitrogen and oxygen atoms in total. The Labute approximate surface area is 156 Å². The van der Waals surface area contributed by atoms with E-state index in [2.05, 4.69) is 63.2 Å². The normalized spacial score (nSPS) is 12.2. The molecule has 3 aromatic carbocycles. The number of ketones is 1. The predicted octanol–water partition coefficient (Wildman–Crippen LogP) is 5.52. The van der Waals surface area contributed by atoms with Gasteiger partial charge >= 0.3 is 0 Å². The molecule has 0 saturated heterocycles. The fraction of sp³-hybridized carbons (Fsp3) is 0.208. The second-order valence-corrected chi connectivity index (χ2v) is 6.99. The number of rotatable bonds is 5. The first kappa shape index (κ1) is 18.1. The Morgan fingerprint density at radius 3 is 2.08 bits per heavy atom. The Balaban J connectivity index is 1.87. The second-order valence-electron chi connectivity index (χ2n) is 6.99. The van der Waals surface area contributed by atoms with Crippen LogP contribution >= 0.6 is 0 Å². The maximum Gasteiger partial charge on any atom is 0.193 e. The highest BCUT2D eigenvalue weighted by Gasteiger charge is 2.12. The van der Waals surface area contributed by atoms with Gasteiger partial charge in [0.25, 0.3) is 0 Å². The minimum atomic E-state index is 0.0652. The Bertz CT molecular complexity index is 895. The Morgan fingerprint density at radius 2 is 1.50 bits per heavy atom. The predicted molar refractivity (Wildman–Crippen MR) is 109 cm³/mol. The van der Waals surface area contributed by atoms with Crippen molar-refractivity contribution >= 4 is 5.78 Å². The molecule has 0 saturated carbocycles. The molecule has 132 valence electrons. The van der Waals surface area contributed by atoms with E-state index in [9.17, 15) is 4.79 Å². The molecule has 1 atom stereocenters. The lowest BCUT2D eigenvalue weighted by atomic mass is 9.94. The second kappa shape index (κ2) is 7.67. The zero-order valence-electron chi connectivity index (χ0n) is 15.9. The summed E-state index contributed by atoms with van der Waals surface area (Å²) in [5, 5.41) is 0. The van der Waals surface area contributed by atoms with Gasteiger partial charge in [-0.3, -0.25) is 4.79 Å². The number of aryl methyl sites for hydroxylation is 1. The molecule has 0 bridgehead atoms. The number of hydrogen-bond donors (Lipinski definition) is 0. The van der Waals surface area contributed by atoms with Crippen molar-refractivity contribution in [1.82, 2.24) is 4.90 Å². The van der Waals surface area contributed by atoms with Crippen LogP contribution in [0.1, 0.15) is 40.0 Å². The van der Waals surface area contributed by atoms with Crippen LogP contribution in [0.3, 0.4) is 0 Å². The van der Waals surface area contributed by atoms with Crippen molar-refractivity contribution < 1.29 is 4.79 Å². The van der Waals surface area contributed by atoms with Gasteiger partial charge in [0.15, 0.2) is 5.78 Å². The van der Waals surface area contributed by atoms with Crippen molar-refractivity contribution in [3.05, 3.63) is 95.1 Å². The molecule has 0 aliphatic rings. The molecule has 1 unspecified atom stereocenters. The molecule has 3 aromatic rings. The summed E-state index contributed by atoms with van der Waals surface area (Å²) in [7, 11) is 4.18. The van der Waals surface area contributed by atoms with Crippen molar-refractivity contribution in [1.29, 1.82) is 0 Å². The van der Waals surface area contributed by atoms with Crippen LogP contribution in [0, 0.1) is 6.92 Å². The summed E-state index contributed by atoms with van der Waals surface area (Å²) >= 11 is 0. The average molecular weight is 343 g/mol. The van der Waals surface area contributed by atoms with E-state index in [0.717, 1.165) is 16.7 Å². The number of hydrogen-bond acceptors (Lipinski definition) is 2. The minimum Gasteiger partial charge on any atom is -0.303 e. The molecule has 26 heavy (non-hydrogen) atoms. The van der Waals surface area contributed by atoms with Crippen LogP contribution in [-0.4, -0.2) is 24.8 Å². The molecule has 0 aliphatic carbocycles. The van der Waals surface area contributed by atoms with E-state index in [0.29, 0.717) is 6.04 Å².